The number of ether oxygens (including phenoxy) is 2. The van der Waals surface area contributed by atoms with Crippen LogP contribution < -0.4 is 5.32 Å². The Balaban J connectivity index is 4.20. The van der Waals surface area contributed by atoms with Gasteiger partial charge in [-0.2, -0.15) is 0 Å². The van der Waals surface area contributed by atoms with Crippen LogP contribution in [0.15, 0.2) is 0 Å². The molecule has 0 radical (unpaired) electrons. The summed E-state index contributed by atoms with van der Waals surface area (Å²) in [7, 11) is 0. The third-order valence-electron chi connectivity index (χ3n) is 2.94. The fraction of sp³-hybridized carbons (Fsp3) is 0.941. The van der Waals surface area contributed by atoms with Gasteiger partial charge in [-0.1, -0.05) is 13.8 Å². The molecule has 0 fully saturated rings. The molecule has 0 spiro atoms. The van der Waals surface area contributed by atoms with Crippen LogP contribution in [0.1, 0.15) is 68.7 Å². The summed E-state index contributed by atoms with van der Waals surface area (Å²) in [6.07, 6.45) is 0.775. The highest BCUT2D eigenvalue weighted by Gasteiger charge is 2.29. The minimum Gasteiger partial charge on any atom is -0.373 e. The zero-order valence-electron chi connectivity index (χ0n) is 15.4. The summed E-state index contributed by atoms with van der Waals surface area (Å²) < 4.78 is 12.0. The van der Waals surface area contributed by atoms with E-state index in [1.807, 2.05) is 62.3 Å². The molecule has 4 heteroatoms. The van der Waals surface area contributed by atoms with Gasteiger partial charge >= 0.3 is 0 Å². The van der Waals surface area contributed by atoms with E-state index in [-0.39, 0.29) is 28.6 Å². The van der Waals surface area contributed by atoms with Gasteiger partial charge < -0.3 is 14.8 Å². The van der Waals surface area contributed by atoms with Crippen LogP contribution in [-0.2, 0) is 14.3 Å². The number of carbonyl (C=O) groups is 1. The molecule has 0 bridgehead atoms. The maximum absolute atomic E-state index is 11.5. The first-order chi connectivity index (χ1) is 9.24. The number of hydrogen-bond acceptors (Lipinski definition) is 3. The highest BCUT2D eigenvalue weighted by Crippen LogP contribution is 2.23. The molecular formula is C17H35NO3. The maximum Gasteiger partial charge on any atom is 0.222 e. The topological polar surface area (TPSA) is 47.6 Å². The summed E-state index contributed by atoms with van der Waals surface area (Å²) in [5, 5.41) is 2.92. The number of hydrogen-bond donors (Lipinski definition) is 1. The lowest BCUT2D eigenvalue weighted by Gasteiger charge is -2.36. The van der Waals surface area contributed by atoms with Crippen LogP contribution in [0.2, 0.25) is 0 Å². The molecule has 0 saturated carbocycles. The molecular weight excluding hydrogens is 266 g/mol. The van der Waals surface area contributed by atoms with Crippen LogP contribution in [0.25, 0.3) is 0 Å². The summed E-state index contributed by atoms with van der Waals surface area (Å²) >= 11 is 0. The molecule has 0 rings (SSSR count). The Morgan fingerprint density at radius 3 is 1.95 bits per heavy atom. The minimum absolute atomic E-state index is 0.0214. The molecule has 0 aromatic carbocycles. The highest BCUT2D eigenvalue weighted by molar-refractivity contribution is 5.77. The van der Waals surface area contributed by atoms with Crippen molar-refractivity contribution in [2.24, 2.45) is 5.92 Å². The van der Waals surface area contributed by atoms with Gasteiger partial charge in [0.2, 0.25) is 5.91 Å². The average Bonchev–Trinajstić information content (AvgIpc) is 2.23. The van der Waals surface area contributed by atoms with Crippen molar-refractivity contribution in [2.75, 3.05) is 13.2 Å². The van der Waals surface area contributed by atoms with Crippen molar-refractivity contribution in [1.29, 1.82) is 0 Å². The van der Waals surface area contributed by atoms with Crippen LogP contribution in [0.3, 0.4) is 0 Å². The van der Waals surface area contributed by atoms with Crippen molar-refractivity contribution in [2.45, 2.75) is 85.5 Å². The lowest BCUT2D eigenvalue weighted by atomic mass is 10.0. The van der Waals surface area contributed by atoms with E-state index in [9.17, 15) is 4.79 Å². The van der Waals surface area contributed by atoms with Crippen molar-refractivity contribution in [1.82, 2.24) is 5.32 Å². The third kappa shape index (κ3) is 10.7. The van der Waals surface area contributed by atoms with E-state index in [2.05, 4.69) is 5.32 Å². The number of nitrogens with one attached hydrogen (secondary N) is 1. The van der Waals surface area contributed by atoms with Gasteiger partial charge in [0.1, 0.15) is 0 Å². The molecule has 0 aliphatic carbocycles. The van der Waals surface area contributed by atoms with Gasteiger partial charge in [0, 0.05) is 12.5 Å². The van der Waals surface area contributed by atoms with E-state index in [0.717, 1.165) is 6.42 Å². The molecule has 4 nitrogen and oxygen atoms in total. The van der Waals surface area contributed by atoms with Gasteiger partial charge in [0.25, 0.3) is 0 Å². The quantitative estimate of drug-likeness (QED) is 0.746. The van der Waals surface area contributed by atoms with Crippen molar-refractivity contribution < 1.29 is 14.3 Å². The second kappa shape index (κ2) is 7.59. The Morgan fingerprint density at radius 2 is 1.52 bits per heavy atom. The first-order valence-corrected chi connectivity index (χ1v) is 7.86. The van der Waals surface area contributed by atoms with Crippen LogP contribution in [0, 0.1) is 5.92 Å². The molecule has 21 heavy (non-hydrogen) atoms. The summed E-state index contributed by atoms with van der Waals surface area (Å²) in [5.74, 6) is 0.107. The largest absolute Gasteiger partial charge is 0.373 e. The van der Waals surface area contributed by atoms with E-state index in [1.165, 1.54) is 0 Å². The summed E-state index contributed by atoms with van der Waals surface area (Å²) in [6, 6.07) is 0. The number of rotatable bonds is 8. The monoisotopic (exact) mass is 301 g/mol. The molecule has 0 saturated heterocycles. The van der Waals surface area contributed by atoms with Crippen LogP contribution >= 0.6 is 0 Å². The van der Waals surface area contributed by atoms with E-state index >= 15 is 0 Å². The van der Waals surface area contributed by atoms with E-state index in [0.29, 0.717) is 13.2 Å². The fourth-order valence-corrected chi connectivity index (χ4v) is 1.99. The predicted octanol–water partition coefficient (Wildman–Crippen LogP) is 3.54. The predicted molar refractivity (Wildman–Crippen MR) is 87.4 cm³/mol. The Kier molecular flexibility index (Phi) is 7.37. The van der Waals surface area contributed by atoms with Gasteiger partial charge in [-0.3, -0.25) is 4.79 Å². The second-order valence-corrected chi connectivity index (χ2v) is 8.22. The first kappa shape index (κ1) is 20.4. The Morgan fingerprint density at radius 1 is 1.00 bits per heavy atom. The van der Waals surface area contributed by atoms with Gasteiger partial charge in [-0.25, -0.2) is 0 Å². The maximum atomic E-state index is 11.5. The average molecular weight is 301 g/mol. The smallest absolute Gasteiger partial charge is 0.222 e. The molecule has 0 atom stereocenters. The summed E-state index contributed by atoms with van der Waals surface area (Å²) in [4.78, 5) is 11.5. The van der Waals surface area contributed by atoms with Crippen molar-refractivity contribution in [3.8, 4) is 0 Å². The van der Waals surface area contributed by atoms with Crippen LogP contribution in [0.4, 0.5) is 0 Å². The molecule has 0 aromatic heterocycles. The zero-order valence-corrected chi connectivity index (χ0v) is 15.4. The highest BCUT2D eigenvalue weighted by atomic mass is 16.6. The van der Waals surface area contributed by atoms with Gasteiger partial charge in [0.05, 0.1) is 23.4 Å². The second-order valence-electron chi connectivity index (χ2n) is 8.22. The molecule has 1 amide bonds. The number of carbonyl (C=O) groups excluding carboxylic acids is 1. The van der Waals surface area contributed by atoms with E-state index in [1.54, 1.807) is 0 Å². The first-order valence-electron chi connectivity index (χ1n) is 7.86. The molecule has 0 aliphatic heterocycles. The van der Waals surface area contributed by atoms with Gasteiger partial charge in [0.15, 0.2) is 0 Å². The normalized spacial score (nSPS) is 13.6. The summed E-state index contributed by atoms with van der Waals surface area (Å²) in [6.45, 7) is 19.2. The van der Waals surface area contributed by atoms with Crippen molar-refractivity contribution >= 4 is 5.91 Å². The molecule has 0 aliphatic rings. The van der Waals surface area contributed by atoms with Gasteiger partial charge in [-0.05, 0) is 54.9 Å². The molecule has 126 valence electrons. The minimum atomic E-state index is -0.337. The molecule has 0 heterocycles. The molecule has 0 unspecified atom stereocenters. The molecule has 1 N–H and O–H groups in total. The SMILES string of the molecule is CC(C)C(=O)NCCC(C)(C)OCC(C)(C)OC(C)(C)C. The van der Waals surface area contributed by atoms with Crippen molar-refractivity contribution in [3.05, 3.63) is 0 Å². The fourth-order valence-electron chi connectivity index (χ4n) is 1.99. The standard InChI is InChI=1S/C17H35NO3/c1-13(2)14(19)18-11-10-16(6,7)20-12-17(8,9)21-15(3,4)5/h13H,10-12H2,1-9H3,(H,18,19). The Labute approximate surface area is 131 Å². The zero-order chi connectivity index (χ0) is 16.9. The Hall–Kier alpha value is -0.610. The lowest BCUT2D eigenvalue weighted by molar-refractivity contribution is -0.167. The van der Waals surface area contributed by atoms with Crippen LogP contribution in [-0.4, -0.2) is 35.9 Å². The van der Waals surface area contributed by atoms with E-state index < -0.39 is 0 Å². The lowest BCUT2D eigenvalue weighted by Crippen LogP contribution is -2.42. The van der Waals surface area contributed by atoms with Crippen LogP contribution in [0.5, 0.6) is 0 Å². The summed E-state index contributed by atoms with van der Waals surface area (Å²) in [5.41, 5.74) is -0.818. The van der Waals surface area contributed by atoms with E-state index in [4.69, 9.17) is 9.47 Å². The van der Waals surface area contributed by atoms with Gasteiger partial charge in [-0.15, -0.1) is 0 Å². The third-order valence-corrected chi connectivity index (χ3v) is 2.94. The Bertz CT molecular complexity index is 327. The van der Waals surface area contributed by atoms with Crippen molar-refractivity contribution in [3.63, 3.8) is 0 Å². The molecule has 0 aromatic rings. The number of amides is 1.